The molecule has 4 nitrogen and oxygen atoms in total. The van der Waals surface area contributed by atoms with Gasteiger partial charge in [-0.2, -0.15) is 0 Å². The molecule has 0 aliphatic heterocycles. The zero-order valence-corrected chi connectivity index (χ0v) is 20.7. The first kappa shape index (κ1) is 28.7. The number of ether oxygens (including phenoxy) is 2. The van der Waals surface area contributed by atoms with Crippen molar-refractivity contribution in [1.82, 2.24) is 5.32 Å². The van der Waals surface area contributed by atoms with E-state index in [0.29, 0.717) is 12.6 Å². The largest absolute Gasteiger partial charge is 0.494 e. The molecular weight excluding hydrogens is 386 g/mol. The average Bonchev–Trinajstić information content (AvgIpc) is 2.79. The third kappa shape index (κ3) is 14.3. The molecule has 0 saturated carbocycles. The number of hydrogen-bond acceptors (Lipinski definition) is 4. The average molecular weight is 430 g/mol. The Hall–Kier alpha value is -2.33. The van der Waals surface area contributed by atoms with Gasteiger partial charge in [-0.1, -0.05) is 64.1 Å². The molecule has 0 aliphatic rings. The van der Waals surface area contributed by atoms with Gasteiger partial charge in [-0.25, -0.2) is 0 Å². The van der Waals surface area contributed by atoms with Gasteiger partial charge in [0, 0.05) is 13.0 Å². The van der Waals surface area contributed by atoms with Gasteiger partial charge in [-0.15, -0.1) is 0 Å². The van der Waals surface area contributed by atoms with E-state index in [4.69, 9.17) is 9.47 Å². The SMILES string of the molecule is CC.CC(=O)OCc1ccccc1.CCCN[C@@H](CC)CCOc1ccc(C)c(C)c1. The Balaban J connectivity index is 0.000000591. The zero-order chi connectivity index (χ0) is 23.5. The molecule has 0 aromatic heterocycles. The molecule has 174 valence electrons. The molecule has 0 radical (unpaired) electrons. The molecule has 2 aromatic carbocycles. The smallest absolute Gasteiger partial charge is 0.302 e. The van der Waals surface area contributed by atoms with Crippen molar-refractivity contribution in [3.05, 3.63) is 65.2 Å². The first-order chi connectivity index (χ1) is 15.0. The molecule has 1 atom stereocenters. The van der Waals surface area contributed by atoms with Crippen LogP contribution in [-0.2, 0) is 16.1 Å². The zero-order valence-electron chi connectivity index (χ0n) is 20.7. The molecule has 0 spiro atoms. The molecule has 0 aliphatic carbocycles. The van der Waals surface area contributed by atoms with Gasteiger partial charge in [0.1, 0.15) is 12.4 Å². The fourth-order valence-electron chi connectivity index (χ4n) is 2.68. The second kappa shape index (κ2) is 18.4. The monoisotopic (exact) mass is 429 g/mol. The van der Waals surface area contributed by atoms with Crippen molar-refractivity contribution >= 4 is 5.97 Å². The van der Waals surface area contributed by atoms with Gasteiger partial charge in [0.15, 0.2) is 0 Å². The van der Waals surface area contributed by atoms with Crippen LogP contribution in [0.5, 0.6) is 5.75 Å². The molecule has 0 saturated heterocycles. The van der Waals surface area contributed by atoms with Crippen LogP contribution in [0.4, 0.5) is 0 Å². The van der Waals surface area contributed by atoms with Crippen LogP contribution in [0.2, 0.25) is 0 Å². The Morgan fingerprint density at radius 1 is 1.00 bits per heavy atom. The number of hydrogen-bond donors (Lipinski definition) is 1. The van der Waals surface area contributed by atoms with Crippen molar-refractivity contribution in [3.8, 4) is 5.75 Å². The summed E-state index contributed by atoms with van der Waals surface area (Å²) in [5, 5.41) is 3.55. The molecule has 0 amide bonds. The van der Waals surface area contributed by atoms with Gasteiger partial charge < -0.3 is 14.8 Å². The lowest BCUT2D eigenvalue weighted by atomic mass is 10.1. The summed E-state index contributed by atoms with van der Waals surface area (Å²) in [6.45, 7) is 16.3. The van der Waals surface area contributed by atoms with Crippen LogP contribution in [0.15, 0.2) is 48.5 Å². The number of nitrogens with one attached hydrogen (secondary N) is 1. The predicted molar refractivity (Wildman–Crippen MR) is 132 cm³/mol. The van der Waals surface area contributed by atoms with Crippen molar-refractivity contribution in [2.45, 2.75) is 80.4 Å². The first-order valence-electron chi connectivity index (χ1n) is 11.6. The highest BCUT2D eigenvalue weighted by atomic mass is 16.5. The molecule has 0 fully saturated rings. The lowest BCUT2D eigenvalue weighted by Gasteiger charge is -2.17. The van der Waals surface area contributed by atoms with Gasteiger partial charge in [0.25, 0.3) is 0 Å². The molecule has 1 N–H and O–H groups in total. The Morgan fingerprint density at radius 3 is 2.23 bits per heavy atom. The summed E-state index contributed by atoms with van der Waals surface area (Å²) in [4.78, 5) is 10.4. The van der Waals surface area contributed by atoms with Crippen LogP contribution in [0.3, 0.4) is 0 Å². The molecule has 31 heavy (non-hydrogen) atoms. The maximum absolute atomic E-state index is 10.4. The summed E-state index contributed by atoms with van der Waals surface area (Å²) < 4.78 is 10.6. The van der Waals surface area contributed by atoms with E-state index < -0.39 is 0 Å². The number of carbonyl (C=O) groups excluding carboxylic acids is 1. The van der Waals surface area contributed by atoms with E-state index in [1.165, 1.54) is 24.5 Å². The van der Waals surface area contributed by atoms with Crippen LogP contribution in [-0.4, -0.2) is 25.2 Å². The summed E-state index contributed by atoms with van der Waals surface area (Å²) in [6, 6.07) is 16.5. The fraction of sp³-hybridized carbons (Fsp3) is 0.519. The third-order valence-corrected chi connectivity index (χ3v) is 4.67. The van der Waals surface area contributed by atoms with Crippen LogP contribution < -0.4 is 10.1 Å². The van der Waals surface area contributed by atoms with E-state index in [-0.39, 0.29) is 5.97 Å². The van der Waals surface area contributed by atoms with E-state index in [1.807, 2.05) is 44.2 Å². The molecule has 0 heterocycles. The molecular formula is C27H43NO3. The van der Waals surface area contributed by atoms with Gasteiger partial charge in [0.2, 0.25) is 0 Å². The molecule has 0 bridgehead atoms. The van der Waals surface area contributed by atoms with Gasteiger partial charge in [0.05, 0.1) is 6.61 Å². The minimum Gasteiger partial charge on any atom is -0.494 e. The Kier molecular flexibility index (Phi) is 17.1. The molecule has 2 aromatic rings. The van der Waals surface area contributed by atoms with Crippen LogP contribution in [0.1, 0.15) is 70.6 Å². The van der Waals surface area contributed by atoms with Crippen molar-refractivity contribution in [2.24, 2.45) is 0 Å². The fourth-order valence-corrected chi connectivity index (χ4v) is 2.68. The lowest BCUT2D eigenvalue weighted by molar-refractivity contribution is -0.142. The van der Waals surface area contributed by atoms with Crippen LogP contribution in [0.25, 0.3) is 0 Å². The summed E-state index contributed by atoms with van der Waals surface area (Å²) in [6.07, 6.45) is 3.42. The lowest BCUT2D eigenvalue weighted by Crippen LogP contribution is -2.30. The summed E-state index contributed by atoms with van der Waals surface area (Å²) in [5.41, 5.74) is 3.63. The minimum absolute atomic E-state index is 0.242. The van der Waals surface area contributed by atoms with E-state index in [9.17, 15) is 4.79 Å². The number of benzene rings is 2. The first-order valence-corrected chi connectivity index (χ1v) is 11.6. The number of esters is 1. The van der Waals surface area contributed by atoms with Crippen molar-refractivity contribution in [3.63, 3.8) is 0 Å². The van der Waals surface area contributed by atoms with Crippen LogP contribution >= 0.6 is 0 Å². The summed E-state index contributed by atoms with van der Waals surface area (Å²) in [7, 11) is 0. The Labute approximate surface area is 190 Å². The van der Waals surface area contributed by atoms with E-state index in [1.54, 1.807) is 0 Å². The number of aryl methyl sites for hydroxylation is 2. The molecule has 4 heteroatoms. The number of rotatable bonds is 10. The second-order valence-corrected chi connectivity index (χ2v) is 7.21. The van der Waals surface area contributed by atoms with Crippen molar-refractivity contribution < 1.29 is 14.3 Å². The molecule has 2 rings (SSSR count). The van der Waals surface area contributed by atoms with E-state index >= 15 is 0 Å². The Morgan fingerprint density at radius 2 is 1.68 bits per heavy atom. The molecule has 0 unspecified atom stereocenters. The van der Waals surface area contributed by atoms with E-state index in [2.05, 4.69) is 51.2 Å². The van der Waals surface area contributed by atoms with Crippen molar-refractivity contribution in [1.29, 1.82) is 0 Å². The van der Waals surface area contributed by atoms with Gasteiger partial charge in [-0.05, 0) is 68.5 Å². The summed E-state index contributed by atoms with van der Waals surface area (Å²) >= 11 is 0. The predicted octanol–water partition coefficient (Wildman–Crippen LogP) is 6.63. The number of carbonyl (C=O) groups is 1. The normalized spacial score (nSPS) is 10.7. The van der Waals surface area contributed by atoms with E-state index in [0.717, 1.165) is 37.3 Å². The second-order valence-electron chi connectivity index (χ2n) is 7.21. The third-order valence-electron chi connectivity index (χ3n) is 4.67. The standard InChI is InChI=1S/C16H27NO.C9H10O2.C2H6/c1-5-10-17-15(6-2)9-11-18-16-8-7-13(3)14(4)12-16;1-8(10)11-7-9-5-3-2-4-6-9;1-2/h7-8,12,15,17H,5-6,9-11H2,1-4H3;2-6H,7H2,1H3;1-2H3/t15-;;/m0../s1. The highest BCUT2D eigenvalue weighted by molar-refractivity contribution is 5.65. The topological polar surface area (TPSA) is 47.6 Å². The highest BCUT2D eigenvalue weighted by Crippen LogP contribution is 2.16. The van der Waals surface area contributed by atoms with Crippen LogP contribution in [0, 0.1) is 13.8 Å². The summed E-state index contributed by atoms with van der Waals surface area (Å²) in [5.74, 6) is 0.747. The van der Waals surface area contributed by atoms with Crippen molar-refractivity contribution in [2.75, 3.05) is 13.2 Å². The van der Waals surface area contributed by atoms with Gasteiger partial charge >= 0.3 is 5.97 Å². The highest BCUT2D eigenvalue weighted by Gasteiger charge is 2.05. The Bertz CT molecular complexity index is 701. The minimum atomic E-state index is -0.242. The van der Waals surface area contributed by atoms with Gasteiger partial charge in [-0.3, -0.25) is 4.79 Å². The quantitative estimate of drug-likeness (QED) is 0.431. The maximum atomic E-state index is 10.4. The maximum Gasteiger partial charge on any atom is 0.302 e.